The molecule has 202 valence electrons. The van der Waals surface area contributed by atoms with Crippen molar-refractivity contribution in [3.05, 3.63) is 101 Å². The van der Waals surface area contributed by atoms with Crippen molar-refractivity contribution in [3.63, 3.8) is 0 Å². The van der Waals surface area contributed by atoms with E-state index in [-0.39, 0.29) is 18.5 Å². The zero-order valence-electron chi connectivity index (χ0n) is 22.7. The fraction of sp³-hybridized carbons (Fsp3) is 0.333. The largest absolute Gasteiger partial charge is 0.352 e. The predicted molar refractivity (Wildman–Crippen MR) is 152 cm³/mol. The molecule has 0 aliphatic heterocycles. The van der Waals surface area contributed by atoms with E-state index in [4.69, 9.17) is 0 Å². The van der Waals surface area contributed by atoms with Crippen molar-refractivity contribution < 1.29 is 18.0 Å². The molecule has 0 unspecified atom stereocenters. The molecule has 0 aliphatic rings. The summed E-state index contributed by atoms with van der Waals surface area (Å²) in [5.74, 6) is -0.745. The maximum atomic E-state index is 14.0. The molecule has 0 aromatic heterocycles. The molecule has 0 saturated carbocycles. The normalized spacial score (nSPS) is 12.2. The summed E-state index contributed by atoms with van der Waals surface area (Å²) in [6.07, 6.45) is 1.39. The van der Waals surface area contributed by atoms with E-state index >= 15 is 0 Å². The number of carbonyl (C=O) groups is 2. The molecule has 3 rings (SSSR count). The topological polar surface area (TPSA) is 86.8 Å². The Bertz CT molecular complexity index is 1340. The zero-order chi connectivity index (χ0) is 27.9. The number of anilines is 1. The summed E-state index contributed by atoms with van der Waals surface area (Å²) in [5, 5.41) is 2.95. The fourth-order valence-electron chi connectivity index (χ4n) is 4.32. The highest BCUT2D eigenvalue weighted by molar-refractivity contribution is 7.92. The van der Waals surface area contributed by atoms with Crippen LogP contribution in [0, 0.1) is 13.8 Å². The van der Waals surface area contributed by atoms with Crippen molar-refractivity contribution >= 4 is 27.5 Å². The molecule has 2 amide bonds. The minimum atomic E-state index is -3.80. The third-order valence-corrected chi connectivity index (χ3v) is 7.55. The van der Waals surface area contributed by atoms with E-state index in [2.05, 4.69) is 5.32 Å². The van der Waals surface area contributed by atoms with Gasteiger partial charge in [-0.15, -0.1) is 0 Å². The van der Waals surface area contributed by atoms with Crippen LogP contribution in [0.4, 0.5) is 5.69 Å². The van der Waals surface area contributed by atoms with E-state index in [1.807, 2.05) is 94.4 Å². The molecule has 3 aromatic rings. The number of nitrogens with one attached hydrogen (secondary N) is 1. The molecular weight excluding hydrogens is 498 g/mol. The van der Waals surface area contributed by atoms with Crippen LogP contribution < -0.4 is 9.62 Å². The molecule has 0 bridgehead atoms. The third-order valence-electron chi connectivity index (χ3n) is 6.42. The van der Waals surface area contributed by atoms with Gasteiger partial charge in [0.2, 0.25) is 21.8 Å². The van der Waals surface area contributed by atoms with Gasteiger partial charge in [0, 0.05) is 19.0 Å². The number of amides is 2. The van der Waals surface area contributed by atoms with Gasteiger partial charge in [0.1, 0.15) is 12.6 Å². The van der Waals surface area contributed by atoms with Crippen LogP contribution in [0.5, 0.6) is 0 Å². The zero-order valence-corrected chi connectivity index (χ0v) is 23.5. The van der Waals surface area contributed by atoms with Gasteiger partial charge in [-0.05, 0) is 56.0 Å². The first kappa shape index (κ1) is 28.9. The lowest BCUT2D eigenvalue weighted by Crippen LogP contribution is -2.54. The van der Waals surface area contributed by atoms with Gasteiger partial charge >= 0.3 is 0 Å². The number of hydrogen-bond acceptors (Lipinski definition) is 4. The highest BCUT2D eigenvalue weighted by Crippen LogP contribution is 2.26. The molecular formula is C30H37N3O4S. The maximum Gasteiger partial charge on any atom is 0.244 e. The van der Waals surface area contributed by atoms with E-state index in [1.165, 1.54) is 4.90 Å². The summed E-state index contributed by atoms with van der Waals surface area (Å²) in [6.45, 7) is 7.21. The van der Waals surface area contributed by atoms with Gasteiger partial charge < -0.3 is 10.2 Å². The van der Waals surface area contributed by atoms with Crippen molar-refractivity contribution in [2.24, 2.45) is 0 Å². The lowest BCUT2D eigenvalue weighted by molar-refractivity contribution is -0.140. The first-order chi connectivity index (χ1) is 18.0. The van der Waals surface area contributed by atoms with Gasteiger partial charge in [-0.25, -0.2) is 8.42 Å². The number of hydrogen-bond donors (Lipinski definition) is 1. The summed E-state index contributed by atoms with van der Waals surface area (Å²) >= 11 is 0. The Morgan fingerprint density at radius 1 is 0.842 bits per heavy atom. The average molecular weight is 536 g/mol. The Hall–Kier alpha value is -3.65. The van der Waals surface area contributed by atoms with Crippen molar-refractivity contribution in [1.29, 1.82) is 0 Å². The second kappa shape index (κ2) is 12.7. The van der Waals surface area contributed by atoms with Gasteiger partial charge in [0.15, 0.2) is 0 Å². The molecule has 0 saturated heterocycles. The highest BCUT2D eigenvalue weighted by atomic mass is 32.2. The van der Waals surface area contributed by atoms with Crippen LogP contribution in [0.3, 0.4) is 0 Å². The molecule has 1 atom stereocenters. The molecule has 7 nitrogen and oxygen atoms in total. The number of aryl methyl sites for hydroxylation is 1. The van der Waals surface area contributed by atoms with Crippen LogP contribution in [0.1, 0.15) is 36.1 Å². The maximum absolute atomic E-state index is 14.0. The molecule has 8 heteroatoms. The summed E-state index contributed by atoms with van der Waals surface area (Å²) in [6, 6.07) is 23.3. The Labute approximate surface area is 226 Å². The summed E-state index contributed by atoms with van der Waals surface area (Å²) < 4.78 is 27.0. The third kappa shape index (κ3) is 7.68. The molecule has 3 aromatic carbocycles. The average Bonchev–Trinajstić information content (AvgIpc) is 2.86. The smallest absolute Gasteiger partial charge is 0.244 e. The number of rotatable bonds is 11. The Balaban J connectivity index is 2.06. The first-order valence-electron chi connectivity index (χ1n) is 12.7. The van der Waals surface area contributed by atoms with Crippen LogP contribution in [0.15, 0.2) is 78.9 Å². The monoisotopic (exact) mass is 535 g/mol. The molecule has 38 heavy (non-hydrogen) atoms. The number of carbonyl (C=O) groups excluding carboxylic acids is 2. The number of benzene rings is 3. The molecule has 0 spiro atoms. The number of nitrogens with zero attached hydrogens (tertiary/aromatic N) is 2. The first-order valence-corrected chi connectivity index (χ1v) is 14.5. The van der Waals surface area contributed by atoms with Gasteiger partial charge in [0.25, 0.3) is 0 Å². The number of sulfonamides is 1. The van der Waals surface area contributed by atoms with E-state index in [9.17, 15) is 18.0 Å². The summed E-state index contributed by atoms with van der Waals surface area (Å²) in [7, 11) is -3.80. The standard InChI is InChI=1S/C30H37N3O4S/c1-22(2)31-30(35)28(19-25-14-8-6-9-15-25)32(20-26-16-10-7-11-17-26)29(34)21-33(38(5,36)37)27-18-12-13-23(3)24(27)4/h6-18,22,28H,19-21H2,1-5H3,(H,31,35)/t28-/m0/s1. The van der Waals surface area contributed by atoms with Crippen molar-refractivity contribution in [3.8, 4) is 0 Å². The lowest BCUT2D eigenvalue weighted by Gasteiger charge is -2.34. The predicted octanol–water partition coefficient (Wildman–Crippen LogP) is 4.23. The van der Waals surface area contributed by atoms with Crippen molar-refractivity contribution in [2.75, 3.05) is 17.1 Å². The molecule has 0 aliphatic carbocycles. The Morgan fingerprint density at radius 3 is 1.97 bits per heavy atom. The van der Waals surface area contributed by atoms with Crippen LogP contribution in [0.25, 0.3) is 0 Å². The van der Waals surface area contributed by atoms with Crippen LogP contribution in [-0.4, -0.2) is 50.0 Å². The van der Waals surface area contributed by atoms with Crippen molar-refractivity contribution in [1.82, 2.24) is 10.2 Å². The summed E-state index contributed by atoms with van der Waals surface area (Å²) in [5.41, 5.74) is 3.89. The molecule has 0 heterocycles. The van der Waals surface area contributed by atoms with Crippen LogP contribution in [-0.2, 0) is 32.6 Å². The lowest BCUT2D eigenvalue weighted by atomic mass is 10.0. The van der Waals surface area contributed by atoms with E-state index < -0.39 is 28.5 Å². The van der Waals surface area contributed by atoms with Gasteiger partial charge in [-0.2, -0.15) is 0 Å². The molecule has 1 N–H and O–H groups in total. The SMILES string of the molecule is Cc1cccc(N(CC(=O)N(Cc2ccccc2)[C@@H](Cc2ccccc2)C(=O)NC(C)C)S(C)(=O)=O)c1C. The minimum absolute atomic E-state index is 0.128. The van der Waals surface area contributed by atoms with Gasteiger partial charge in [0.05, 0.1) is 11.9 Å². The minimum Gasteiger partial charge on any atom is -0.352 e. The second-order valence-corrected chi connectivity index (χ2v) is 11.8. The molecule has 0 fully saturated rings. The van der Waals surface area contributed by atoms with Crippen LogP contribution in [0.2, 0.25) is 0 Å². The molecule has 0 radical (unpaired) electrons. The summed E-state index contributed by atoms with van der Waals surface area (Å²) in [4.78, 5) is 29.0. The van der Waals surface area contributed by atoms with E-state index in [0.717, 1.165) is 32.8 Å². The fourth-order valence-corrected chi connectivity index (χ4v) is 5.22. The van der Waals surface area contributed by atoms with Crippen LogP contribution >= 0.6 is 0 Å². The Morgan fingerprint density at radius 2 is 1.42 bits per heavy atom. The van der Waals surface area contributed by atoms with E-state index in [1.54, 1.807) is 12.1 Å². The van der Waals surface area contributed by atoms with E-state index in [0.29, 0.717) is 12.1 Å². The highest BCUT2D eigenvalue weighted by Gasteiger charge is 2.33. The van der Waals surface area contributed by atoms with Gasteiger partial charge in [-0.3, -0.25) is 13.9 Å². The van der Waals surface area contributed by atoms with Gasteiger partial charge in [-0.1, -0.05) is 72.8 Å². The second-order valence-electron chi connectivity index (χ2n) is 9.86. The Kier molecular flexibility index (Phi) is 9.69. The van der Waals surface area contributed by atoms with Crippen molar-refractivity contribution in [2.45, 2.75) is 52.7 Å². The quantitative estimate of drug-likeness (QED) is 0.398.